The zero-order valence-corrected chi connectivity index (χ0v) is 11.0. The molecule has 0 radical (unpaired) electrons. The van der Waals surface area contributed by atoms with Crippen LogP contribution in [0.1, 0.15) is 21.6 Å². The molecule has 0 aliphatic rings. The highest BCUT2D eigenvalue weighted by Crippen LogP contribution is 2.13. The summed E-state index contributed by atoms with van der Waals surface area (Å²) in [5.41, 5.74) is 2.30. The fraction of sp³-hybridized carbons (Fsp3) is 0.200. The molecule has 1 aromatic carbocycles. The van der Waals surface area contributed by atoms with Gasteiger partial charge in [0.15, 0.2) is 0 Å². The summed E-state index contributed by atoms with van der Waals surface area (Å²) < 4.78 is 0. The maximum Gasteiger partial charge on any atom is 0.272 e. The summed E-state index contributed by atoms with van der Waals surface area (Å²) >= 11 is 0. The molecule has 0 bridgehead atoms. The molecule has 1 aromatic heterocycles. The molecule has 19 heavy (non-hydrogen) atoms. The first-order valence-corrected chi connectivity index (χ1v) is 6.03. The zero-order valence-electron chi connectivity index (χ0n) is 11.0. The van der Waals surface area contributed by atoms with Gasteiger partial charge in [0.2, 0.25) is 0 Å². The van der Waals surface area contributed by atoms with Crippen molar-refractivity contribution >= 4 is 5.91 Å². The maximum absolute atomic E-state index is 12.3. The normalized spacial score (nSPS) is 10.2. The van der Waals surface area contributed by atoms with Crippen LogP contribution in [0.4, 0.5) is 0 Å². The number of pyridine rings is 1. The molecule has 0 spiro atoms. The molecular weight excluding hydrogens is 240 g/mol. The van der Waals surface area contributed by atoms with E-state index in [1.807, 2.05) is 19.1 Å². The second kappa shape index (κ2) is 5.52. The fourth-order valence-corrected chi connectivity index (χ4v) is 1.84. The van der Waals surface area contributed by atoms with E-state index >= 15 is 0 Å². The van der Waals surface area contributed by atoms with Crippen molar-refractivity contribution in [3.05, 3.63) is 59.4 Å². The summed E-state index contributed by atoms with van der Waals surface area (Å²) in [7, 11) is 1.74. The number of nitrogens with zero attached hydrogens (tertiary/aromatic N) is 2. The van der Waals surface area contributed by atoms with Crippen molar-refractivity contribution in [3.8, 4) is 5.75 Å². The standard InChI is InChI=1S/C15H16N2O2/c1-11-4-3-9-16-14(11)15(19)17(2)10-12-5-7-13(18)8-6-12/h3-9,18H,10H2,1-2H3. The summed E-state index contributed by atoms with van der Waals surface area (Å²) in [6.45, 7) is 2.35. The van der Waals surface area contributed by atoms with Gasteiger partial charge in [0.25, 0.3) is 5.91 Å². The number of benzene rings is 1. The first-order chi connectivity index (χ1) is 9.08. The van der Waals surface area contributed by atoms with E-state index in [2.05, 4.69) is 4.98 Å². The van der Waals surface area contributed by atoms with Crippen molar-refractivity contribution in [2.24, 2.45) is 0 Å². The van der Waals surface area contributed by atoms with E-state index < -0.39 is 0 Å². The lowest BCUT2D eigenvalue weighted by atomic mass is 10.1. The number of phenols is 1. The number of aryl methyl sites for hydroxylation is 1. The van der Waals surface area contributed by atoms with E-state index in [9.17, 15) is 9.90 Å². The van der Waals surface area contributed by atoms with Gasteiger partial charge in [-0.25, -0.2) is 0 Å². The van der Waals surface area contributed by atoms with Crippen molar-refractivity contribution in [3.63, 3.8) is 0 Å². The van der Waals surface area contributed by atoms with Crippen molar-refractivity contribution in [2.45, 2.75) is 13.5 Å². The minimum atomic E-state index is -0.105. The Morgan fingerprint density at radius 2 is 1.95 bits per heavy atom. The first-order valence-electron chi connectivity index (χ1n) is 6.03. The number of aromatic hydroxyl groups is 1. The molecule has 0 fully saturated rings. The lowest BCUT2D eigenvalue weighted by molar-refractivity contribution is 0.0778. The average Bonchev–Trinajstić information content (AvgIpc) is 2.41. The van der Waals surface area contributed by atoms with E-state index in [4.69, 9.17) is 0 Å². The monoisotopic (exact) mass is 256 g/mol. The summed E-state index contributed by atoms with van der Waals surface area (Å²) in [6, 6.07) is 10.5. The van der Waals surface area contributed by atoms with E-state index in [1.54, 1.807) is 42.4 Å². The quantitative estimate of drug-likeness (QED) is 0.917. The van der Waals surface area contributed by atoms with Crippen molar-refractivity contribution < 1.29 is 9.90 Å². The number of phenolic OH excluding ortho intramolecular Hbond substituents is 1. The van der Waals surface area contributed by atoms with Gasteiger partial charge in [-0.1, -0.05) is 18.2 Å². The van der Waals surface area contributed by atoms with Gasteiger partial charge in [-0.05, 0) is 36.2 Å². The molecule has 0 atom stereocenters. The highest BCUT2D eigenvalue weighted by Gasteiger charge is 2.15. The van der Waals surface area contributed by atoms with Crippen LogP contribution in [-0.2, 0) is 6.54 Å². The number of aromatic nitrogens is 1. The lowest BCUT2D eigenvalue weighted by Gasteiger charge is -2.17. The molecule has 1 N–H and O–H groups in total. The third-order valence-corrected chi connectivity index (χ3v) is 2.91. The molecule has 4 nitrogen and oxygen atoms in total. The lowest BCUT2D eigenvalue weighted by Crippen LogP contribution is -2.27. The van der Waals surface area contributed by atoms with Crippen LogP contribution in [0.15, 0.2) is 42.6 Å². The first kappa shape index (κ1) is 13.1. The Morgan fingerprint density at radius 3 is 2.58 bits per heavy atom. The van der Waals surface area contributed by atoms with Crippen LogP contribution in [0.2, 0.25) is 0 Å². The van der Waals surface area contributed by atoms with Gasteiger partial charge < -0.3 is 10.0 Å². The van der Waals surface area contributed by atoms with Crippen LogP contribution in [0.5, 0.6) is 5.75 Å². The van der Waals surface area contributed by atoms with Crippen LogP contribution in [0, 0.1) is 6.92 Å². The van der Waals surface area contributed by atoms with E-state index in [0.29, 0.717) is 12.2 Å². The molecule has 0 saturated heterocycles. The number of carbonyl (C=O) groups is 1. The van der Waals surface area contributed by atoms with Gasteiger partial charge >= 0.3 is 0 Å². The Labute approximate surface area is 112 Å². The summed E-state index contributed by atoms with van der Waals surface area (Å²) in [5, 5.41) is 9.22. The molecule has 2 aromatic rings. The number of hydrogen-bond acceptors (Lipinski definition) is 3. The highest BCUT2D eigenvalue weighted by atomic mass is 16.3. The molecule has 1 heterocycles. The second-order valence-corrected chi connectivity index (χ2v) is 4.50. The summed E-state index contributed by atoms with van der Waals surface area (Å²) in [5.74, 6) is 0.115. The smallest absolute Gasteiger partial charge is 0.272 e. The van der Waals surface area contributed by atoms with Crippen LogP contribution >= 0.6 is 0 Å². The van der Waals surface area contributed by atoms with Crippen LogP contribution in [-0.4, -0.2) is 27.9 Å². The van der Waals surface area contributed by atoms with Gasteiger partial charge in [-0.15, -0.1) is 0 Å². The van der Waals surface area contributed by atoms with Gasteiger partial charge in [0.1, 0.15) is 11.4 Å². The van der Waals surface area contributed by atoms with Crippen LogP contribution in [0.25, 0.3) is 0 Å². The predicted octanol–water partition coefficient (Wildman–Crippen LogP) is 2.37. The molecule has 2 rings (SSSR count). The summed E-state index contributed by atoms with van der Waals surface area (Å²) in [4.78, 5) is 18.0. The fourth-order valence-electron chi connectivity index (χ4n) is 1.84. The van der Waals surface area contributed by atoms with Crippen LogP contribution in [0.3, 0.4) is 0 Å². The number of hydrogen-bond donors (Lipinski definition) is 1. The second-order valence-electron chi connectivity index (χ2n) is 4.50. The third kappa shape index (κ3) is 3.10. The molecule has 1 amide bonds. The Kier molecular flexibility index (Phi) is 3.80. The highest BCUT2D eigenvalue weighted by molar-refractivity contribution is 5.93. The van der Waals surface area contributed by atoms with Gasteiger partial charge in [0.05, 0.1) is 0 Å². The number of amides is 1. The molecule has 0 unspecified atom stereocenters. The van der Waals surface area contributed by atoms with E-state index in [-0.39, 0.29) is 11.7 Å². The Morgan fingerprint density at radius 1 is 1.26 bits per heavy atom. The molecule has 0 aliphatic carbocycles. The average molecular weight is 256 g/mol. The number of rotatable bonds is 3. The molecule has 4 heteroatoms. The zero-order chi connectivity index (χ0) is 13.8. The number of carbonyl (C=O) groups excluding carboxylic acids is 1. The van der Waals surface area contributed by atoms with Crippen molar-refractivity contribution in [1.29, 1.82) is 0 Å². The van der Waals surface area contributed by atoms with E-state index in [0.717, 1.165) is 11.1 Å². The van der Waals surface area contributed by atoms with Crippen molar-refractivity contribution in [1.82, 2.24) is 9.88 Å². The minimum absolute atomic E-state index is 0.105. The minimum Gasteiger partial charge on any atom is -0.508 e. The molecule has 0 saturated carbocycles. The Bertz CT molecular complexity index is 579. The van der Waals surface area contributed by atoms with Gasteiger partial charge in [-0.3, -0.25) is 9.78 Å². The van der Waals surface area contributed by atoms with E-state index in [1.165, 1.54) is 0 Å². The maximum atomic E-state index is 12.3. The Balaban J connectivity index is 2.12. The largest absolute Gasteiger partial charge is 0.508 e. The topological polar surface area (TPSA) is 53.4 Å². The van der Waals surface area contributed by atoms with Gasteiger partial charge in [0, 0.05) is 19.8 Å². The third-order valence-electron chi connectivity index (χ3n) is 2.91. The SMILES string of the molecule is Cc1cccnc1C(=O)N(C)Cc1ccc(O)cc1. The van der Waals surface area contributed by atoms with Gasteiger partial charge in [-0.2, -0.15) is 0 Å². The molecule has 0 aliphatic heterocycles. The molecule has 98 valence electrons. The van der Waals surface area contributed by atoms with Crippen molar-refractivity contribution in [2.75, 3.05) is 7.05 Å². The molecular formula is C15H16N2O2. The van der Waals surface area contributed by atoms with Crippen LogP contribution < -0.4 is 0 Å². The Hall–Kier alpha value is -2.36. The summed E-state index contributed by atoms with van der Waals surface area (Å²) in [6.07, 6.45) is 1.62. The predicted molar refractivity (Wildman–Crippen MR) is 72.9 cm³/mol.